The second-order valence-electron chi connectivity index (χ2n) is 6.65. The molecule has 0 fully saturated rings. The lowest BCUT2D eigenvalue weighted by Crippen LogP contribution is -2.48. The topological polar surface area (TPSA) is 134 Å². The Hall–Kier alpha value is -3.53. The molecule has 10 heteroatoms. The van der Waals surface area contributed by atoms with E-state index in [1.165, 1.54) is 11.8 Å². The molecular weight excluding hydrogens is 434 g/mol. The fraction of sp³-hybridized carbons (Fsp3) is 0.273. The zero-order valence-corrected chi connectivity index (χ0v) is 18.1. The smallest absolute Gasteiger partial charge is 0.407 e. The molecule has 0 saturated heterocycles. The van der Waals surface area contributed by atoms with Gasteiger partial charge in [0.1, 0.15) is 19.2 Å². The first kappa shape index (κ1) is 24.7. The Morgan fingerprint density at radius 3 is 2.06 bits per heavy atom. The van der Waals surface area contributed by atoms with Gasteiger partial charge >= 0.3 is 12.1 Å². The van der Waals surface area contributed by atoms with Crippen LogP contribution in [-0.2, 0) is 31.5 Å². The molecule has 4 N–H and O–H groups in total. The molecule has 0 aliphatic heterocycles. The summed E-state index contributed by atoms with van der Waals surface area (Å²) in [7, 11) is 0. The van der Waals surface area contributed by atoms with Crippen molar-refractivity contribution in [2.75, 3.05) is 18.8 Å². The summed E-state index contributed by atoms with van der Waals surface area (Å²) in [6.45, 7) is -0.724. The fourth-order valence-electron chi connectivity index (χ4n) is 2.46. The summed E-state index contributed by atoms with van der Waals surface area (Å²) in [5.41, 5.74) is 1.86. The maximum absolute atomic E-state index is 12.0. The highest BCUT2D eigenvalue weighted by Gasteiger charge is 2.20. The number of carbonyl (C=O) groups is 4. The van der Waals surface area contributed by atoms with Crippen molar-refractivity contribution in [1.82, 2.24) is 16.0 Å². The molecule has 1 atom stereocenters. The Bertz CT molecular complexity index is 895. The van der Waals surface area contributed by atoms with Crippen molar-refractivity contribution in [2.45, 2.75) is 18.4 Å². The van der Waals surface area contributed by atoms with Crippen molar-refractivity contribution >= 4 is 35.6 Å². The molecular formula is C22H25N3O6S. The number of ether oxygens (including phenoxy) is 1. The van der Waals surface area contributed by atoms with Crippen LogP contribution in [0.5, 0.6) is 0 Å². The van der Waals surface area contributed by atoms with Gasteiger partial charge in [-0.2, -0.15) is 11.8 Å². The summed E-state index contributed by atoms with van der Waals surface area (Å²) < 4.78 is 4.98. The van der Waals surface area contributed by atoms with Crippen molar-refractivity contribution in [3.8, 4) is 0 Å². The lowest BCUT2D eigenvalue weighted by molar-refractivity contribution is -0.141. The Morgan fingerprint density at radius 1 is 0.844 bits per heavy atom. The van der Waals surface area contributed by atoms with Crippen molar-refractivity contribution < 1.29 is 29.0 Å². The van der Waals surface area contributed by atoms with Crippen molar-refractivity contribution in [1.29, 1.82) is 0 Å². The average Bonchev–Trinajstić information content (AvgIpc) is 2.80. The lowest BCUT2D eigenvalue weighted by Gasteiger charge is -2.14. The van der Waals surface area contributed by atoms with Crippen LogP contribution < -0.4 is 16.0 Å². The second kappa shape index (κ2) is 13.7. The molecule has 170 valence electrons. The van der Waals surface area contributed by atoms with Gasteiger partial charge in [-0.05, 0) is 11.1 Å². The van der Waals surface area contributed by atoms with E-state index in [0.29, 0.717) is 5.75 Å². The first-order valence-electron chi connectivity index (χ1n) is 9.79. The standard InChI is InChI=1S/C22H25N3O6S/c26-19(11-24-22(30)31-13-16-7-3-1-4-8-16)23-12-20(27)25-18(21(28)29)15-32-14-17-9-5-2-6-10-17/h1-10,18H,11-15H2,(H,23,26)(H,24,30)(H,25,27)(H,28,29)/t18-/m1/s1. The zero-order chi connectivity index (χ0) is 23.2. The molecule has 2 rings (SSSR count). The first-order chi connectivity index (χ1) is 15.4. The number of carboxylic acid groups (broad SMARTS) is 1. The molecule has 3 amide bonds. The van der Waals surface area contributed by atoms with E-state index in [1.54, 1.807) is 12.1 Å². The summed E-state index contributed by atoms with van der Waals surface area (Å²) in [5.74, 6) is -1.62. The van der Waals surface area contributed by atoms with Crippen LogP contribution in [0.2, 0.25) is 0 Å². The highest BCUT2D eigenvalue weighted by atomic mass is 32.2. The monoisotopic (exact) mass is 459 g/mol. The van der Waals surface area contributed by atoms with Crippen LogP contribution in [-0.4, -0.2) is 53.9 Å². The molecule has 0 aliphatic rings. The molecule has 32 heavy (non-hydrogen) atoms. The minimum absolute atomic E-state index is 0.0650. The molecule has 2 aromatic rings. The molecule has 2 aromatic carbocycles. The minimum Gasteiger partial charge on any atom is -0.480 e. The van der Waals surface area contributed by atoms with Crippen molar-refractivity contribution in [3.05, 3.63) is 71.8 Å². The SMILES string of the molecule is O=C(CNC(=O)OCc1ccccc1)NCC(=O)N[C@H](CSCc1ccccc1)C(=O)O. The van der Waals surface area contributed by atoms with E-state index < -0.39 is 36.5 Å². The minimum atomic E-state index is -1.16. The maximum Gasteiger partial charge on any atom is 0.407 e. The molecule has 0 saturated carbocycles. The van der Waals surface area contributed by atoms with E-state index in [1.807, 2.05) is 48.5 Å². The Kier molecular flexibility index (Phi) is 10.6. The van der Waals surface area contributed by atoms with Gasteiger partial charge in [-0.15, -0.1) is 0 Å². The summed E-state index contributed by atoms with van der Waals surface area (Å²) in [6.07, 6.45) is -0.769. The number of thioether (sulfide) groups is 1. The number of rotatable bonds is 12. The number of aliphatic carboxylic acids is 1. The van der Waals surface area contributed by atoms with Gasteiger partial charge in [0.2, 0.25) is 11.8 Å². The van der Waals surface area contributed by atoms with Crippen molar-refractivity contribution in [3.63, 3.8) is 0 Å². The lowest BCUT2D eigenvalue weighted by atomic mass is 10.2. The number of hydrogen-bond donors (Lipinski definition) is 4. The molecule has 0 aromatic heterocycles. The van der Waals surface area contributed by atoms with Gasteiger partial charge in [0.25, 0.3) is 0 Å². The number of carbonyl (C=O) groups excluding carboxylic acids is 3. The third kappa shape index (κ3) is 9.98. The van der Waals surface area contributed by atoms with E-state index in [2.05, 4.69) is 16.0 Å². The van der Waals surface area contributed by atoms with Gasteiger partial charge in [-0.1, -0.05) is 60.7 Å². The number of amides is 3. The van der Waals surface area contributed by atoms with Gasteiger partial charge in [0.15, 0.2) is 0 Å². The molecule has 0 aliphatic carbocycles. The van der Waals surface area contributed by atoms with Crippen molar-refractivity contribution in [2.24, 2.45) is 0 Å². The summed E-state index contributed by atoms with van der Waals surface area (Å²) in [4.78, 5) is 46.8. The van der Waals surface area contributed by atoms with Gasteiger partial charge in [-0.3, -0.25) is 9.59 Å². The number of alkyl carbamates (subject to hydrolysis) is 1. The van der Waals surface area contributed by atoms with E-state index >= 15 is 0 Å². The van der Waals surface area contributed by atoms with Crippen LogP contribution in [0.25, 0.3) is 0 Å². The highest BCUT2D eigenvalue weighted by molar-refractivity contribution is 7.98. The van der Waals surface area contributed by atoms with E-state index in [-0.39, 0.29) is 18.9 Å². The average molecular weight is 460 g/mol. The summed E-state index contributed by atoms with van der Waals surface area (Å²) in [5, 5.41) is 16.3. The third-order valence-electron chi connectivity index (χ3n) is 4.08. The van der Waals surface area contributed by atoms with E-state index in [4.69, 9.17) is 4.74 Å². The summed E-state index contributed by atoms with van der Waals surface area (Å²) in [6, 6.07) is 17.5. The molecule has 0 bridgehead atoms. The van der Waals surface area contributed by atoms with Crippen LogP contribution in [0.3, 0.4) is 0 Å². The van der Waals surface area contributed by atoms with E-state index in [9.17, 15) is 24.3 Å². The Labute approximate surface area is 189 Å². The molecule has 0 unspecified atom stereocenters. The van der Waals surface area contributed by atoms with Crippen LogP contribution in [0, 0.1) is 0 Å². The second-order valence-corrected chi connectivity index (χ2v) is 7.68. The Morgan fingerprint density at radius 2 is 1.44 bits per heavy atom. The summed E-state index contributed by atoms with van der Waals surface area (Å²) >= 11 is 1.38. The van der Waals surface area contributed by atoms with E-state index in [0.717, 1.165) is 11.1 Å². The molecule has 0 radical (unpaired) electrons. The highest BCUT2D eigenvalue weighted by Crippen LogP contribution is 2.13. The maximum atomic E-state index is 12.0. The van der Waals surface area contributed by atoms with Crippen LogP contribution in [0.4, 0.5) is 4.79 Å². The number of hydrogen-bond acceptors (Lipinski definition) is 6. The van der Waals surface area contributed by atoms with Gasteiger partial charge < -0.3 is 25.8 Å². The van der Waals surface area contributed by atoms with Gasteiger partial charge in [0, 0.05) is 11.5 Å². The van der Waals surface area contributed by atoms with Gasteiger partial charge in [-0.25, -0.2) is 9.59 Å². The number of nitrogens with one attached hydrogen (secondary N) is 3. The normalized spacial score (nSPS) is 11.1. The van der Waals surface area contributed by atoms with Crippen LogP contribution in [0.15, 0.2) is 60.7 Å². The number of carboxylic acids is 1. The molecule has 0 heterocycles. The largest absolute Gasteiger partial charge is 0.480 e. The third-order valence-corrected chi connectivity index (χ3v) is 5.19. The molecule has 0 spiro atoms. The first-order valence-corrected chi connectivity index (χ1v) is 10.9. The van der Waals surface area contributed by atoms with Gasteiger partial charge in [0.05, 0.1) is 6.54 Å². The Balaban J connectivity index is 1.62. The van der Waals surface area contributed by atoms with Crippen LogP contribution >= 0.6 is 11.8 Å². The predicted molar refractivity (Wildman–Crippen MR) is 120 cm³/mol. The fourth-order valence-corrected chi connectivity index (χ4v) is 3.46. The van der Waals surface area contributed by atoms with Crippen LogP contribution in [0.1, 0.15) is 11.1 Å². The zero-order valence-electron chi connectivity index (χ0n) is 17.3. The quantitative estimate of drug-likeness (QED) is 0.378. The molecule has 9 nitrogen and oxygen atoms in total. The number of benzene rings is 2. The predicted octanol–water partition coefficient (Wildman–Crippen LogP) is 1.53.